The van der Waals surface area contributed by atoms with E-state index in [9.17, 15) is 9.90 Å². The summed E-state index contributed by atoms with van der Waals surface area (Å²) in [6.07, 6.45) is 2.85. The van der Waals surface area contributed by atoms with Gasteiger partial charge in [-0.25, -0.2) is 0 Å². The summed E-state index contributed by atoms with van der Waals surface area (Å²) in [6, 6.07) is 25.1. The molecule has 7 nitrogen and oxygen atoms in total. The number of piperazine rings is 1. The van der Waals surface area contributed by atoms with Gasteiger partial charge in [0, 0.05) is 50.5 Å². The Labute approximate surface area is 211 Å². The van der Waals surface area contributed by atoms with E-state index in [0.717, 1.165) is 27.9 Å². The predicted molar refractivity (Wildman–Crippen MR) is 139 cm³/mol. The highest BCUT2D eigenvalue weighted by Crippen LogP contribution is 2.26. The fourth-order valence-corrected chi connectivity index (χ4v) is 4.70. The van der Waals surface area contributed by atoms with E-state index in [1.54, 1.807) is 12.4 Å². The van der Waals surface area contributed by atoms with Gasteiger partial charge in [-0.2, -0.15) is 0 Å². The molecule has 7 heteroatoms. The molecule has 36 heavy (non-hydrogen) atoms. The monoisotopic (exact) mass is 482 g/mol. The second kappa shape index (κ2) is 11.3. The van der Waals surface area contributed by atoms with Gasteiger partial charge in [0.15, 0.2) is 0 Å². The third kappa shape index (κ3) is 5.53. The number of carbonyl (C=O) groups excluding carboxylic acids is 1. The molecule has 1 aliphatic rings. The van der Waals surface area contributed by atoms with Crippen molar-refractivity contribution in [2.45, 2.75) is 12.0 Å². The third-order valence-corrected chi connectivity index (χ3v) is 6.55. The lowest BCUT2D eigenvalue weighted by Gasteiger charge is -2.37. The highest BCUT2D eigenvalue weighted by molar-refractivity contribution is 5.87. The minimum absolute atomic E-state index is 0.0630. The molecule has 2 atom stereocenters. The van der Waals surface area contributed by atoms with Gasteiger partial charge in [-0.05, 0) is 42.0 Å². The summed E-state index contributed by atoms with van der Waals surface area (Å²) in [5, 5.41) is 11.6. The first-order chi connectivity index (χ1) is 17.7. The largest absolute Gasteiger partial charge is 0.490 e. The molecule has 1 fully saturated rings. The summed E-state index contributed by atoms with van der Waals surface area (Å²) >= 11 is 0. The summed E-state index contributed by atoms with van der Waals surface area (Å²) in [7, 11) is 0. The molecule has 4 aromatic rings. The Morgan fingerprint density at radius 1 is 0.861 bits per heavy atom. The molecule has 0 radical (unpaired) electrons. The summed E-state index contributed by atoms with van der Waals surface area (Å²) in [5.74, 6) is 0.359. The molecule has 3 heterocycles. The van der Waals surface area contributed by atoms with Gasteiger partial charge < -0.3 is 14.7 Å². The fraction of sp³-hybridized carbons (Fsp3) is 0.276. The highest BCUT2D eigenvalue weighted by atomic mass is 16.5. The molecule has 0 aliphatic carbocycles. The number of fused-ring (bicyclic) bond motifs is 1. The number of aliphatic hydroxyl groups excluding tert-OH is 1. The van der Waals surface area contributed by atoms with Crippen molar-refractivity contribution in [1.82, 2.24) is 19.8 Å². The quantitative estimate of drug-likeness (QED) is 0.415. The van der Waals surface area contributed by atoms with Crippen molar-refractivity contribution < 1.29 is 14.6 Å². The summed E-state index contributed by atoms with van der Waals surface area (Å²) in [5.41, 5.74) is 2.57. The Morgan fingerprint density at radius 2 is 1.64 bits per heavy atom. The minimum Gasteiger partial charge on any atom is -0.490 e. The SMILES string of the molecule is O=C(C(c1ccccc1)c1ccccn1)N1CCN(CC(O)COc2cccc3ncccc23)CC1. The van der Waals surface area contributed by atoms with Crippen LogP contribution in [0, 0.1) is 0 Å². The Bertz CT molecular complexity index is 1230. The number of hydrogen-bond donors (Lipinski definition) is 1. The van der Waals surface area contributed by atoms with E-state index in [0.29, 0.717) is 32.7 Å². The van der Waals surface area contributed by atoms with E-state index in [2.05, 4.69) is 14.9 Å². The molecular formula is C29H30N4O3. The van der Waals surface area contributed by atoms with Crippen molar-refractivity contribution in [3.05, 3.63) is 103 Å². The number of nitrogens with zero attached hydrogens (tertiary/aromatic N) is 4. The molecule has 1 amide bonds. The van der Waals surface area contributed by atoms with E-state index in [-0.39, 0.29) is 12.5 Å². The topological polar surface area (TPSA) is 78.8 Å². The number of aromatic nitrogens is 2. The van der Waals surface area contributed by atoms with Crippen molar-refractivity contribution in [1.29, 1.82) is 0 Å². The van der Waals surface area contributed by atoms with Gasteiger partial charge in [0.25, 0.3) is 0 Å². The first-order valence-electron chi connectivity index (χ1n) is 12.3. The van der Waals surface area contributed by atoms with Crippen LogP contribution in [0.1, 0.15) is 17.2 Å². The average Bonchev–Trinajstić information content (AvgIpc) is 2.93. The molecule has 1 N–H and O–H groups in total. The van der Waals surface area contributed by atoms with E-state index < -0.39 is 12.0 Å². The van der Waals surface area contributed by atoms with Crippen LogP contribution in [-0.4, -0.2) is 76.2 Å². The zero-order valence-electron chi connectivity index (χ0n) is 20.1. The molecule has 0 bridgehead atoms. The van der Waals surface area contributed by atoms with Crippen molar-refractivity contribution in [3.63, 3.8) is 0 Å². The molecular weight excluding hydrogens is 452 g/mol. The van der Waals surface area contributed by atoms with Gasteiger partial charge in [0.1, 0.15) is 24.4 Å². The summed E-state index contributed by atoms with van der Waals surface area (Å²) < 4.78 is 5.92. The van der Waals surface area contributed by atoms with Crippen LogP contribution in [0.15, 0.2) is 91.3 Å². The Balaban J connectivity index is 1.16. The molecule has 5 rings (SSSR count). The normalized spacial score (nSPS) is 16.0. The lowest BCUT2D eigenvalue weighted by molar-refractivity contribution is -0.133. The van der Waals surface area contributed by atoms with Crippen molar-refractivity contribution in [2.75, 3.05) is 39.3 Å². The molecule has 0 spiro atoms. The summed E-state index contributed by atoms with van der Waals surface area (Å²) in [6.45, 7) is 3.31. The van der Waals surface area contributed by atoms with Crippen LogP contribution in [0.5, 0.6) is 5.75 Å². The number of ether oxygens (including phenoxy) is 1. The first-order valence-corrected chi connectivity index (χ1v) is 12.3. The molecule has 2 unspecified atom stereocenters. The fourth-order valence-electron chi connectivity index (χ4n) is 4.70. The van der Waals surface area contributed by atoms with Crippen LogP contribution in [-0.2, 0) is 4.79 Å². The van der Waals surface area contributed by atoms with Crippen LogP contribution in [0.2, 0.25) is 0 Å². The molecule has 2 aromatic heterocycles. The van der Waals surface area contributed by atoms with Crippen LogP contribution in [0.4, 0.5) is 0 Å². The number of pyridine rings is 2. The number of carbonyl (C=O) groups is 1. The van der Waals surface area contributed by atoms with Gasteiger partial charge in [-0.1, -0.05) is 42.5 Å². The van der Waals surface area contributed by atoms with E-state index in [4.69, 9.17) is 4.74 Å². The molecule has 1 saturated heterocycles. The number of amides is 1. The molecule has 0 saturated carbocycles. The Hall–Kier alpha value is -3.81. The third-order valence-electron chi connectivity index (χ3n) is 6.55. The molecule has 1 aliphatic heterocycles. The minimum atomic E-state index is -0.634. The van der Waals surface area contributed by atoms with E-state index >= 15 is 0 Å². The van der Waals surface area contributed by atoms with Crippen molar-refractivity contribution in [3.8, 4) is 5.75 Å². The van der Waals surface area contributed by atoms with Gasteiger partial charge in [-0.3, -0.25) is 19.7 Å². The van der Waals surface area contributed by atoms with Crippen LogP contribution >= 0.6 is 0 Å². The second-order valence-electron chi connectivity index (χ2n) is 9.02. The van der Waals surface area contributed by atoms with E-state index in [1.807, 2.05) is 83.8 Å². The molecule has 184 valence electrons. The number of hydrogen-bond acceptors (Lipinski definition) is 6. The standard InChI is InChI=1S/C29H30N4O3/c34-23(21-36-27-13-6-12-25-24(27)10-7-15-30-25)20-32-16-18-33(19-17-32)29(35)28(22-8-2-1-3-9-22)26-11-4-5-14-31-26/h1-15,23,28,34H,16-21H2. The zero-order valence-corrected chi connectivity index (χ0v) is 20.1. The van der Waals surface area contributed by atoms with Crippen LogP contribution in [0.25, 0.3) is 10.9 Å². The van der Waals surface area contributed by atoms with Gasteiger partial charge in [-0.15, -0.1) is 0 Å². The average molecular weight is 483 g/mol. The maximum Gasteiger partial charge on any atom is 0.236 e. The van der Waals surface area contributed by atoms with Gasteiger partial charge in [0.2, 0.25) is 5.91 Å². The maximum atomic E-state index is 13.6. The van der Waals surface area contributed by atoms with Crippen LogP contribution in [0.3, 0.4) is 0 Å². The zero-order chi connectivity index (χ0) is 24.7. The van der Waals surface area contributed by atoms with Crippen molar-refractivity contribution >= 4 is 16.8 Å². The smallest absolute Gasteiger partial charge is 0.236 e. The number of rotatable bonds is 8. The Morgan fingerprint density at radius 3 is 2.42 bits per heavy atom. The number of aliphatic hydroxyl groups is 1. The highest BCUT2D eigenvalue weighted by Gasteiger charge is 2.31. The maximum absolute atomic E-state index is 13.6. The second-order valence-corrected chi connectivity index (χ2v) is 9.02. The van der Waals surface area contributed by atoms with Crippen LogP contribution < -0.4 is 4.74 Å². The lowest BCUT2D eigenvalue weighted by Crippen LogP contribution is -2.52. The summed E-state index contributed by atoms with van der Waals surface area (Å²) in [4.78, 5) is 26.5. The Kier molecular flexibility index (Phi) is 7.50. The van der Waals surface area contributed by atoms with E-state index in [1.165, 1.54) is 0 Å². The number of benzene rings is 2. The predicted octanol–water partition coefficient (Wildman–Crippen LogP) is 3.35. The lowest BCUT2D eigenvalue weighted by atomic mass is 9.93. The van der Waals surface area contributed by atoms with Gasteiger partial charge in [0.05, 0.1) is 11.2 Å². The number of β-amino-alcohol motifs (C(OH)–C–C–N with tert-alkyl or cyclic N) is 1. The first kappa shape index (κ1) is 23.9. The molecule has 2 aromatic carbocycles. The van der Waals surface area contributed by atoms with Crippen molar-refractivity contribution in [2.24, 2.45) is 0 Å². The van der Waals surface area contributed by atoms with Gasteiger partial charge >= 0.3 is 0 Å².